The van der Waals surface area contributed by atoms with Crippen LogP contribution in [0.4, 0.5) is 0 Å². The van der Waals surface area contributed by atoms with Crippen molar-refractivity contribution in [3.05, 3.63) is 16.1 Å². The van der Waals surface area contributed by atoms with E-state index in [1.807, 2.05) is 6.92 Å². The molecule has 1 atom stereocenters. The maximum atomic E-state index is 12.8. The summed E-state index contributed by atoms with van der Waals surface area (Å²) in [5, 5.41) is 6.16. The number of hydrogen-bond acceptors (Lipinski definition) is 4. The van der Waals surface area contributed by atoms with Gasteiger partial charge in [0, 0.05) is 49.7 Å². The van der Waals surface area contributed by atoms with Crippen LogP contribution in [0, 0.1) is 5.92 Å². The van der Waals surface area contributed by atoms with Gasteiger partial charge in [-0.1, -0.05) is 26.2 Å². The minimum absolute atomic E-state index is 0.0876. The number of likely N-dealkylation sites (tertiary alicyclic amines) is 1. The molecule has 144 valence electrons. The van der Waals surface area contributed by atoms with E-state index in [9.17, 15) is 9.59 Å². The highest BCUT2D eigenvalue weighted by atomic mass is 32.1. The first-order chi connectivity index (χ1) is 12.7. The average molecular weight is 378 g/mol. The third-order valence-corrected chi connectivity index (χ3v) is 6.69. The second-order valence-corrected chi connectivity index (χ2v) is 8.48. The van der Waals surface area contributed by atoms with Crippen molar-refractivity contribution in [2.24, 2.45) is 5.92 Å². The Balaban J connectivity index is 1.52. The molecule has 26 heavy (non-hydrogen) atoms. The number of carbonyl (C=O) groups excluding carboxylic acids is 2. The zero-order valence-electron chi connectivity index (χ0n) is 15.8. The normalized spacial score (nSPS) is 21.6. The Hall–Kier alpha value is -1.43. The summed E-state index contributed by atoms with van der Waals surface area (Å²) in [6, 6.07) is 0. The summed E-state index contributed by atoms with van der Waals surface area (Å²) in [5.41, 5.74) is 1.05. The fourth-order valence-electron chi connectivity index (χ4n) is 4.07. The van der Waals surface area contributed by atoms with Crippen LogP contribution in [-0.2, 0) is 16.0 Å². The lowest BCUT2D eigenvalue weighted by Crippen LogP contribution is -2.42. The molecule has 2 heterocycles. The van der Waals surface area contributed by atoms with Gasteiger partial charge in [-0.05, 0) is 25.7 Å². The van der Waals surface area contributed by atoms with E-state index in [0.29, 0.717) is 24.8 Å². The van der Waals surface area contributed by atoms with E-state index >= 15 is 0 Å². The van der Waals surface area contributed by atoms with Crippen molar-refractivity contribution in [1.82, 2.24) is 15.2 Å². The van der Waals surface area contributed by atoms with Gasteiger partial charge in [0.05, 0.1) is 10.7 Å². The van der Waals surface area contributed by atoms with Gasteiger partial charge in [0.2, 0.25) is 11.8 Å². The van der Waals surface area contributed by atoms with Crippen LogP contribution in [0.2, 0.25) is 0 Å². The SMILES string of the molecule is CCC(=O)NCCc1csc([C@@H]2CCCN(C(=O)C3CCCCC3)C2)n1. The summed E-state index contributed by atoms with van der Waals surface area (Å²) >= 11 is 1.71. The molecule has 1 aromatic heterocycles. The monoisotopic (exact) mass is 377 g/mol. The number of nitrogens with one attached hydrogen (secondary N) is 1. The van der Waals surface area contributed by atoms with Gasteiger partial charge in [-0.15, -0.1) is 11.3 Å². The molecule has 2 amide bonds. The van der Waals surface area contributed by atoms with Crippen molar-refractivity contribution in [3.8, 4) is 0 Å². The molecule has 5 nitrogen and oxygen atoms in total. The van der Waals surface area contributed by atoms with E-state index in [1.54, 1.807) is 11.3 Å². The highest BCUT2D eigenvalue weighted by molar-refractivity contribution is 7.09. The first kappa shape index (κ1) is 19.3. The van der Waals surface area contributed by atoms with E-state index in [0.717, 1.165) is 55.9 Å². The third-order valence-electron chi connectivity index (χ3n) is 5.63. The van der Waals surface area contributed by atoms with E-state index in [2.05, 4.69) is 15.6 Å². The highest BCUT2D eigenvalue weighted by Gasteiger charge is 2.31. The molecular formula is C20H31N3O2S. The standard InChI is InChI=1S/C20H31N3O2S/c1-2-18(24)21-11-10-17-14-26-19(22-17)16-9-6-12-23(13-16)20(25)15-7-4-3-5-8-15/h14-16H,2-13H2,1H3,(H,21,24)/t16-/m1/s1. The van der Waals surface area contributed by atoms with Gasteiger partial charge in [0.1, 0.15) is 0 Å². The van der Waals surface area contributed by atoms with Crippen molar-refractivity contribution in [2.45, 2.75) is 70.6 Å². The molecule has 0 bridgehead atoms. The van der Waals surface area contributed by atoms with Gasteiger partial charge in [-0.2, -0.15) is 0 Å². The molecule has 1 N–H and O–H groups in total. The largest absolute Gasteiger partial charge is 0.356 e. The number of carbonyl (C=O) groups is 2. The van der Waals surface area contributed by atoms with E-state index in [4.69, 9.17) is 4.98 Å². The zero-order valence-corrected chi connectivity index (χ0v) is 16.7. The first-order valence-electron chi connectivity index (χ1n) is 10.2. The Labute approximate surface area is 160 Å². The van der Waals surface area contributed by atoms with Gasteiger partial charge < -0.3 is 10.2 Å². The first-order valence-corrected chi connectivity index (χ1v) is 11.0. The van der Waals surface area contributed by atoms with Crippen LogP contribution >= 0.6 is 11.3 Å². The number of aromatic nitrogens is 1. The Morgan fingerprint density at radius 2 is 2.04 bits per heavy atom. The fraction of sp³-hybridized carbons (Fsp3) is 0.750. The van der Waals surface area contributed by atoms with Crippen LogP contribution in [-0.4, -0.2) is 41.3 Å². The van der Waals surface area contributed by atoms with Crippen molar-refractivity contribution in [2.75, 3.05) is 19.6 Å². The number of thiazole rings is 1. The predicted molar refractivity (Wildman–Crippen MR) is 104 cm³/mol. The summed E-state index contributed by atoms with van der Waals surface area (Å²) in [6.45, 7) is 4.24. The summed E-state index contributed by atoms with van der Waals surface area (Å²) < 4.78 is 0. The van der Waals surface area contributed by atoms with Crippen LogP contribution in [0.5, 0.6) is 0 Å². The number of amides is 2. The quantitative estimate of drug-likeness (QED) is 0.825. The molecule has 0 unspecified atom stereocenters. The highest BCUT2D eigenvalue weighted by Crippen LogP contribution is 2.32. The number of nitrogens with zero attached hydrogens (tertiary/aromatic N) is 2. The van der Waals surface area contributed by atoms with Crippen LogP contribution in [0.3, 0.4) is 0 Å². The maximum Gasteiger partial charge on any atom is 0.225 e. The Kier molecular flexibility index (Phi) is 7.06. The molecule has 0 spiro atoms. The van der Waals surface area contributed by atoms with Crippen molar-refractivity contribution in [1.29, 1.82) is 0 Å². The molecule has 0 radical (unpaired) electrons. The third kappa shape index (κ3) is 5.06. The minimum Gasteiger partial charge on any atom is -0.356 e. The molecule has 1 aliphatic carbocycles. The topological polar surface area (TPSA) is 62.3 Å². The Bertz CT molecular complexity index is 610. The van der Waals surface area contributed by atoms with Gasteiger partial charge >= 0.3 is 0 Å². The molecular weight excluding hydrogens is 346 g/mol. The summed E-state index contributed by atoms with van der Waals surface area (Å²) in [6.07, 6.45) is 9.34. The van der Waals surface area contributed by atoms with E-state index in [-0.39, 0.29) is 11.8 Å². The molecule has 1 saturated carbocycles. The van der Waals surface area contributed by atoms with Crippen molar-refractivity contribution >= 4 is 23.2 Å². The van der Waals surface area contributed by atoms with E-state index in [1.165, 1.54) is 19.3 Å². The van der Waals surface area contributed by atoms with Crippen molar-refractivity contribution < 1.29 is 9.59 Å². The summed E-state index contributed by atoms with van der Waals surface area (Å²) in [4.78, 5) is 31.1. The molecule has 6 heteroatoms. The molecule has 0 aromatic carbocycles. The summed E-state index contributed by atoms with van der Waals surface area (Å²) in [7, 11) is 0. The zero-order chi connectivity index (χ0) is 18.4. The van der Waals surface area contributed by atoms with Crippen LogP contribution in [0.1, 0.15) is 74.9 Å². The maximum absolute atomic E-state index is 12.8. The van der Waals surface area contributed by atoms with E-state index < -0.39 is 0 Å². The summed E-state index contributed by atoms with van der Waals surface area (Å²) in [5.74, 6) is 1.11. The number of piperidine rings is 1. The van der Waals surface area contributed by atoms with Crippen molar-refractivity contribution in [3.63, 3.8) is 0 Å². The van der Waals surface area contributed by atoms with Crippen LogP contribution in [0.25, 0.3) is 0 Å². The van der Waals surface area contributed by atoms with Gasteiger partial charge in [0.25, 0.3) is 0 Å². The predicted octanol–water partition coefficient (Wildman–Crippen LogP) is 3.50. The molecule has 2 fully saturated rings. The minimum atomic E-state index is 0.0876. The lowest BCUT2D eigenvalue weighted by atomic mass is 9.87. The fourth-order valence-corrected chi connectivity index (χ4v) is 5.05. The number of hydrogen-bond donors (Lipinski definition) is 1. The van der Waals surface area contributed by atoms with Gasteiger partial charge in [0.15, 0.2) is 0 Å². The molecule has 3 rings (SSSR count). The molecule has 1 aliphatic heterocycles. The number of rotatable bonds is 6. The van der Waals surface area contributed by atoms with Gasteiger partial charge in [-0.3, -0.25) is 9.59 Å². The molecule has 2 aliphatic rings. The molecule has 1 saturated heterocycles. The second kappa shape index (κ2) is 9.49. The van der Waals surface area contributed by atoms with Crippen LogP contribution < -0.4 is 5.32 Å². The Morgan fingerprint density at radius 3 is 2.81 bits per heavy atom. The lowest BCUT2D eigenvalue weighted by molar-refractivity contribution is -0.137. The smallest absolute Gasteiger partial charge is 0.225 e. The lowest BCUT2D eigenvalue weighted by Gasteiger charge is -2.35. The van der Waals surface area contributed by atoms with Crippen LogP contribution in [0.15, 0.2) is 5.38 Å². The average Bonchev–Trinajstić information content (AvgIpc) is 3.17. The molecule has 1 aromatic rings. The Morgan fingerprint density at radius 1 is 1.23 bits per heavy atom. The van der Waals surface area contributed by atoms with Gasteiger partial charge in [-0.25, -0.2) is 4.98 Å². The second-order valence-electron chi connectivity index (χ2n) is 7.59.